The number of hydrogen-bond donors (Lipinski definition) is 3. The lowest BCUT2D eigenvalue weighted by molar-refractivity contribution is -0.130. The molecule has 6 nitrogen and oxygen atoms in total. The standard InChI is InChI=1S/C14H22N4O2/c1-5-18(4)14(20)9(2)17-12-7-6-10(8-11(12)15)13(19)16-3/h6-9,17H,5,15H2,1-4H3,(H,16,19). The van der Waals surface area contributed by atoms with Crippen LogP contribution in [0.4, 0.5) is 11.4 Å². The Morgan fingerprint density at radius 2 is 2.05 bits per heavy atom. The molecule has 0 aliphatic rings. The van der Waals surface area contributed by atoms with Crippen molar-refractivity contribution in [3.05, 3.63) is 23.8 Å². The molecule has 0 aromatic heterocycles. The van der Waals surface area contributed by atoms with Gasteiger partial charge in [-0.1, -0.05) is 0 Å². The molecule has 1 unspecified atom stereocenters. The van der Waals surface area contributed by atoms with Crippen LogP contribution in [0.3, 0.4) is 0 Å². The normalized spacial score (nSPS) is 11.6. The summed E-state index contributed by atoms with van der Waals surface area (Å²) < 4.78 is 0. The van der Waals surface area contributed by atoms with Crippen LogP contribution in [0.1, 0.15) is 24.2 Å². The Bertz CT molecular complexity index is 502. The van der Waals surface area contributed by atoms with Crippen molar-refractivity contribution in [2.24, 2.45) is 0 Å². The minimum atomic E-state index is -0.381. The smallest absolute Gasteiger partial charge is 0.251 e. The van der Waals surface area contributed by atoms with Crippen LogP contribution < -0.4 is 16.4 Å². The molecule has 0 bridgehead atoms. The number of amides is 2. The number of nitrogens with one attached hydrogen (secondary N) is 2. The van der Waals surface area contributed by atoms with Crippen LogP contribution in [0.15, 0.2) is 18.2 Å². The van der Waals surface area contributed by atoms with Gasteiger partial charge >= 0.3 is 0 Å². The number of rotatable bonds is 5. The third kappa shape index (κ3) is 3.63. The lowest BCUT2D eigenvalue weighted by Crippen LogP contribution is -2.39. The topological polar surface area (TPSA) is 87.5 Å². The van der Waals surface area contributed by atoms with Crippen LogP contribution in [0, 0.1) is 0 Å². The van der Waals surface area contributed by atoms with Crippen molar-refractivity contribution in [2.75, 3.05) is 31.7 Å². The van der Waals surface area contributed by atoms with Crippen LogP contribution in [0.25, 0.3) is 0 Å². The minimum Gasteiger partial charge on any atom is -0.397 e. The van der Waals surface area contributed by atoms with Gasteiger partial charge in [-0.15, -0.1) is 0 Å². The number of likely N-dealkylation sites (N-methyl/N-ethyl adjacent to an activating group) is 1. The predicted octanol–water partition coefficient (Wildman–Crippen LogP) is 0.907. The van der Waals surface area contributed by atoms with Crippen LogP contribution in [-0.2, 0) is 4.79 Å². The molecule has 4 N–H and O–H groups in total. The van der Waals surface area contributed by atoms with Gasteiger partial charge in [-0.3, -0.25) is 9.59 Å². The molecule has 0 heterocycles. The SMILES string of the molecule is CCN(C)C(=O)C(C)Nc1ccc(C(=O)NC)cc1N. The molecule has 110 valence electrons. The van der Waals surface area contributed by atoms with Gasteiger partial charge in [-0.05, 0) is 32.0 Å². The van der Waals surface area contributed by atoms with E-state index in [9.17, 15) is 9.59 Å². The summed E-state index contributed by atoms with van der Waals surface area (Å²) in [7, 11) is 3.31. The second-order valence-corrected chi connectivity index (χ2v) is 4.60. The number of hydrogen-bond acceptors (Lipinski definition) is 4. The largest absolute Gasteiger partial charge is 0.397 e. The van der Waals surface area contributed by atoms with E-state index in [0.717, 1.165) is 0 Å². The van der Waals surface area contributed by atoms with Gasteiger partial charge in [0.1, 0.15) is 6.04 Å². The van der Waals surface area contributed by atoms with Gasteiger partial charge in [-0.2, -0.15) is 0 Å². The van der Waals surface area contributed by atoms with Crippen molar-refractivity contribution >= 4 is 23.2 Å². The molecule has 0 saturated heterocycles. The first kappa shape index (κ1) is 15.8. The summed E-state index contributed by atoms with van der Waals surface area (Å²) in [5.74, 6) is -0.208. The quantitative estimate of drug-likeness (QED) is 0.699. The summed E-state index contributed by atoms with van der Waals surface area (Å²) in [6.07, 6.45) is 0. The Balaban J connectivity index is 2.83. The molecule has 0 fully saturated rings. The molecule has 0 spiro atoms. The zero-order valence-corrected chi connectivity index (χ0v) is 12.4. The number of carbonyl (C=O) groups is 2. The van der Waals surface area contributed by atoms with Crippen LogP contribution in [-0.4, -0.2) is 43.4 Å². The zero-order chi connectivity index (χ0) is 15.3. The van der Waals surface area contributed by atoms with E-state index in [2.05, 4.69) is 10.6 Å². The number of carbonyl (C=O) groups excluding carboxylic acids is 2. The number of nitrogens with zero attached hydrogens (tertiary/aromatic N) is 1. The Morgan fingerprint density at radius 3 is 2.55 bits per heavy atom. The lowest BCUT2D eigenvalue weighted by Gasteiger charge is -2.22. The molecule has 1 aromatic carbocycles. The molecular weight excluding hydrogens is 256 g/mol. The highest BCUT2D eigenvalue weighted by molar-refractivity contribution is 5.96. The summed E-state index contributed by atoms with van der Waals surface area (Å²) in [6.45, 7) is 4.34. The second-order valence-electron chi connectivity index (χ2n) is 4.60. The summed E-state index contributed by atoms with van der Waals surface area (Å²) >= 11 is 0. The van der Waals surface area contributed by atoms with Gasteiger partial charge in [0.05, 0.1) is 11.4 Å². The van der Waals surface area contributed by atoms with Gasteiger partial charge in [0, 0.05) is 26.2 Å². The molecule has 0 aliphatic carbocycles. The third-order valence-corrected chi connectivity index (χ3v) is 3.13. The fraction of sp³-hybridized carbons (Fsp3) is 0.429. The van der Waals surface area contributed by atoms with Gasteiger partial charge in [0.2, 0.25) is 5.91 Å². The first-order valence-corrected chi connectivity index (χ1v) is 6.53. The molecule has 1 rings (SSSR count). The number of nitrogen functional groups attached to an aromatic ring is 1. The number of benzene rings is 1. The molecule has 2 amide bonds. The molecule has 6 heteroatoms. The number of nitrogens with two attached hydrogens (primary N) is 1. The summed E-state index contributed by atoms with van der Waals surface area (Å²) in [4.78, 5) is 25.1. The van der Waals surface area contributed by atoms with Crippen molar-refractivity contribution in [2.45, 2.75) is 19.9 Å². The first-order chi connectivity index (χ1) is 9.40. The summed E-state index contributed by atoms with van der Waals surface area (Å²) in [5, 5.41) is 5.60. The van der Waals surface area contributed by atoms with E-state index in [1.54, 1.807) is 44.1 Å². The summed E-state index contributed by atoms with van der Waals surface area (Å²) in [5.41, 5.74) is 7.47. The van der Waals surface area contributed by atoms with Crippen LogP contribution in [0.5, 0.6) is 0 Å². The van der Waals surface area contributed by atoms with E-state index in [4.69, 9.17) is 5.73 Å². The molecule has 0 aliphatic heterocycles. The monoisotopic (exact) mass is 278 g/mol. The van der Waals surface area contributed by atoms with E-state index >= 15 is 0 Å². The van der Waals surface area contributed by atoms with Gasteiger partial charge in [-0.25, -0.2) is 0 Å². The highest BCUT2D eigenvalue weighted by Gasteiger charge is 2.17. The van der Waals surface area contributed by atoms with Crippen molar-refractivity contribution in [3.8, 4) is 0 Å². The lowest BCUT2D eigenvalue weighted by atomic mass is 10.1. The molecule has 0 saturated carbocycles. The first-order valence-electron chi connectivity index (χ1n) is 6.53. The van der Waals surface area contributed by atoms with Crippen LogP contribution >= 0.6 is 0 Å². The zero-order valence-electron chi connectivity index (χ0n) is 12.4. The molecule has 1 atom stereocenters. The third-order valence-electron chi connectivity index (χ3n) is 3.13. The Morgan fingerprint density at radius 1 is 1.40 bits per heavy atom. The molecule has 1 aromatic rings. The second kappa shape index (κ2) is 6.79. The van der Waals surface area contributed by atoms with Crippen molar-refractivity contribution in [1.82, 2.24) is 10.2 Å². The highest BCUT2D eigenvalue weighted by atomic mass is 16.2. The molecular formula is C14H22N4O2. The van der Waals surface area contributed by atoms with E-state index in [1.165, 1.54) is 0 Å². The predicted molar refractivity (Wildman–Crippen MR) is 80.6 cm³/mol. The fourth-order valence-electron chi connectivity index (χ4n) is 1.76. The molecule has 0 radical (unpaired) electrons. The van der Waals surface area contributed by atoms with E-state index in [-0.39, 0.29) is 17.9 Å². The van der Waals surface area contributed by atoms with Gasteiger partial charge in [0.15, 0.2) is 0 Å². The van der Waals surface area contributed by atoms with Crippen molar-refractivity contribution in [3.63, 3.8) is 0 Å². The maximum atomic E-state index is 12.0. The average molecular weight is 278 g/mol. The fourth-order valence-corrected chi connectivity index (χ4v) is 1.76. The maximum absolute atomic E-state index is 12.0. The Kier molecular flexibility index (Phi) is 5.37. The summed E-state index contributed by atoms with van der Waals surface area (Å²) in [6, 6.07) is 4.57. The Hall–Kier alpha value is -2.24. The minimum absolute atomic E-state index is 0.0118. The van der Waals surface area contributed by atoms with Crippen LogP contribution in [0.2, 0.25) is 0 Å². The average Bonchev–Trinajstić information content (AvgIpc) is 2.46. The maximum Gasteiger partial charge on any atom is 0.251 e. The van der Waals surface area contributed by atoms with Crippen molar-refractivity contribution in [1.29, 1.82) is 0 Å². The van der Waals surface area contributed by atoms with Gasteiger partial charge < -0.3 is 21.3 Å². The van der Waals surface area contributed by atoms with E-state index in [0.29, 0.717) is 23.5 Å². The Labute approximate surface area is 119 Å². The number of anilines is 2. The van der Waals surface area contributed by atoms with Gasteiger partial charge in [0.25, 0.3) is 5.91 Å². The highest BCUT2D eigenvalue weighted by Crippen LogP contribution is 2.21. The van der Waals surface area contributed by atoms with E-state index < -0.39 is 0 Å². The molecule has 20 heavy (non-hydrogen) atoms. The van der Waals surface area contributed by atoms with E-state index in [1.807, 2.05) is 6.92 Å². The van der Waals surface area contributed by atoms with Crippen molar-refractivity contribution < 1.29 is 9.59 Å².